The van der Waals surface area contributed by atoms with Gasteiger partial charge in [0.1, 0.15) is 17.4 Å². The van der Waals surface area contributed by atoms with Crippen LogP contribution in [-0.2, 0) is 32.0 Å². The third kappa shape index (κ3) is 5.93. The Bertz CT molecular complexity index is 1290. The van der Waals surface area contributed by atoms with Crippen molar-refractivity contribution in [3.8, 4) is 16.3 Å². The van der Waals surface area contributed by atoms with E-state index in [1.807, 2.05) is 31.2 Å². The molecule has 2 heterocycles. The minimum Gasteiger partial charge on any atom is -0.488 e. The van der Waals surface area contributed by atoms with Crippen molar-refractivity contribution >= 4 is 11.3 Å². The molecule has 0 fully saturated rings. The molecular formula is C24H22F3N3O3S. The lowest BCUT2D eigenvalue weighted by Gasteiger charge is -2.08. The van der Waals surface area contributed by atoms with Crippen LogP contribution in [0.15, 0.2) is 57.7 Å². The summed E-state index contributed by atoms with van der Waals surface area (Å²) in [4.78, 5) is 16.7. The molecule has 34 heavy (non-hydrogen) atoms. The molecule has 0 radical (unpaired) electrons. The third-order valence-corrected chi connectivity index (χ3v) is 6.22. The number of thiazole rings is 1. The number of ether oxygens (including phenoxy) is 1. The molecule has 10 heteroatoms. The van der Waals surface area contributed by atoms with E-state index in [-0.39, 0.29) is 0 Å². The average Bonchev–Trinajstić information content (AvgIpc) is 3.42. The largest absolute Gasteiger partial charge is 0.488 e. The normalized spacial score (nSPS) is 11.6. The molecule has 0 saturated carbocycles. The van der Waals surface area contributed by atoms with Gasteiger partial charge < -0.3 is 9.15 Å². The lowest BCUT2D eigenvalue weighted by molar-refractivity contribution is -0.137. The monoisotopic (exact) mass is 489 g/mol. The van der Waals surface area contributed by atoms with Gasteiger partial charge in [0.25, 0.3) is 0 Å². The summed E-state index contributed by atoms with van der Waals surface area (Å²) in [7, 11) is 0. The average molecular weight is 490 g/mol. The van der Waals surface area contributed by atoms with Crippen molar-refractivity contribution in [2.45, 2.75) is 45.4 Å². The van der Waals surface area contributed by atoms with Gasteiger partial charge in [0.15, 0.2) is 0 Å². The second kappa shape index (κ2) is 10.3. The first-order valence-electron chi connectivity index (χ1n) is 10.7. The molecule has 0 aliphatic rings. The van der Waals surface area contributed by atoms with Crippen LogP contribution in [0, 0.1) is 0 Å². The zero-order chi connectivity index (χ0) is 24.1. The molecule has 178 valence electrons. The van der Waals surface area contributed by atoms with E-state index in [1.165, 1.54) is 23.5 Å². The Balaban J connectivity index is 1.45. The molecule has 0 spiro atoms. The molecule has 1 N–H and O–H groups in total. The highest BCUT2D eigenvalue weighted by atomic mass is 32.1. The van der Waals surface area contributed by atoms with Crippen LogP contribution in [-0.4, -0.2) is 15.2 Å². The zero-order valence-corrected chi connectivity index (χ0v) is 19.1. The fraction of sp³-hybridized carbons (Fsp3) is 0.292. The van der Waals surface area contributed by atoms with E-state index in [1.54, 1.807) is 0 Å². The molecule has 4 rings (SSSR count). The maximum absolute atomic E-state index is 12.9. The molecule has 2 aromatic heterocycles. The Hall–Kier alpha value is -3.40. The van der Waals surface area contributed by atoms with Crippen LogP contribution in [0.3, 0.4) is 0 Å². The maximum atomic E-state index is 12.9. The van der Waals surface area contributed by atoms with Crippen LogP contribution in [0.1, 0.15) is 40.9 Å². The van der Waals surface area contributed by atoms with Gasteiger partial charge in [-0.15, -0.1) is 16.4 Å². The minimum atomic E-state index is -4.37. The Morgan fingerprint density at radius 2 is 1.88 bits per heavy atom. The first-order chi connectivity index (χ1) is 16.3. The number of hydrogen-bond donors (Lipinski definition) is 1. The van der Waals surface area contributed by atoms with Crippen LogP contribution in [0.25, 0.3) is 10.6 Å². The predicted octanol–water partition coefficient (Wildman–Crippen LogP) is 5.82. The van der Waals surface area contributed by atoms with Crippen molar-refractivity contribution in [2.75, 3.05) is 0 Å². The summed E-state index contributed by atoms with van der Waals surface area (Å²) in [6, 6.07) is 12.7. The van der Waals surface area contributed by atoms with Gasteiger partial charge in [-0.05, 0) is 42.7 Å². The molecule has 0 aliphatic carbocycles. The quantitative estimate of drug-likeness (QED) is 0.320. The number of hydrogen-bond acceptors (Lipinski definition) is 6. The number of H-pyrrole nitrogens is 1. The Morgan fingerprint density at radius 3 is 2.56 bits per heavy atom. The standard InChI is InChI=1S/C24H22F3N3O3S/c1-2-4-19-20(34-22(28-19)16-8-10-17(11-9-16)24(25,26)27)14-32-18-6-3-5-15(13-18)7-12-21-29-30-23(31)33-21/h3,5-6,8-11,13H,2,4,7,12,14H2,1H3,(H,30,31). The first-order valence-corrected chi connectivity index (χ1v) is 11.6. The van der Waals surface area contributed by atoms with Crippen LogP contribution in [0.2, 0.25) is 0 Å². The smallest absolute Gasteiger partial charge is 0.434 e. The second-order valence-corrected chi connectivity index (χ2v) is 8.74. The highest BCUT2D eigenvalue weighted by Gasteiger charge is 2.30. The topological polar surface area (TPSA) is 81.0 Å². The summed E-state index contributed by atoms with van der Waals surface area (Å²) in [5.74, 6) is 0.462. The van der Waals surface area contributed by atoms with Crippen molar-refractivity contribution in [3.05, 3.63) is 86.7 Å². The second-order valence-electron chi connectivity index (χ2n) is 7.66. The molecule has 0 bridgehead atoms. The van der Waals surface area contributed by atoms with E-state index in [0.29, 0.717) is 41.7 Å². The van der Waals surface area contributed by atoms with Crippen molar-refractivity contribution in [1.82, 2.24) is 15.2 Å². The van der Waals surface area contributed by atoms with Crippen molar-refractivity contribution in [3.63, 3.8) is 0 Å². The Morgan fingerprint density at radius 1 is 1.09 bits per heavy atom. The molecule has 2 aromatic carbocycles. The molecule has 4 aromatic rings. The van der Waals surface area contributed by atoms with E-state index in [9.17, 15) is 18.0 Å². The molecule has 0 saturated heterocycles. The number of nitrogens with one attached hydrogen (secondary N) is 1. The number of benzene rings is 2. The summed E-state index contributed by atoms with van der Waals surface area (Å²) in [5.41, 5.74) is 1.87. The Kier molecular flexibility index (Phi) is 7.16. The van der Waals surface area contributed by atoms with E-state index in [2.05, 4.69) is 15.2 Å². The number of halogens is 3. The predicted molar refractivity (Wildman–Crippen MR) is 122 cm³/mol. The van der Waals surface area contributed by atoms with E-state index < -0.39 is 17.5 Å². The van der Waals surface area contributed by atoms with E-state index in [0.717, 1.165) is 41.1 Å². The lowest BCUT2D eigenvalue weighted by Crippen LogP contribution is -2.03. The third-order valence-electron chi connectivity index (χ3n) is 5.10. The summed E-state index contributed by atoms with van der Waals surface area (Å²) in [5, 5.41) is 6.72. The lowest BCUT2D eigenvalue weighted by atomic mass is 10.1. The van der Waals surface area contributed by atoms with Gasteiger partial charge in [-0.3, -0.25) is 0 Å². The van der Waals surface area contributed by atoms with Crippen LogP contribution < -0.4 is 10.5 Å². The number of aromatic amines is 1. The fourth-order valence-electron chi connectivity index (χ4n) is 3.41. The van der Waals surface area contributed by atoms with Crippen molar-refractivity contribution < 1.29 is 22.3 Å². The maximum Gasteiger partial charge on any atom is 0.434 e. The summed E-state index contributed by atoms with van der Waals surface area (Å²) >= 11 is 1.43. The van der Waals surface area contributed by atoms with E-state index in [4.69, 9.17) is 9.15 Å². The van der Waals surface area contributed by atoms with Gasteiger partial charge in [-0.1, -0.05) is 37.6 Å². The molecule has 0 unspecified atom stereocenters. The van der Waals surface area contributed by atoms with Gasteiger partial charge in [-0.25, -0.2) is 14.9 Å². The number of alkyl halides is 3. The van der Waals surface area contributed by atoms with Crippen molar-refractivity contribution in [2.24, 2.45) is 0 Å². The first kappa shape index (κ1) is 23.7. The van der Waals surface area contributed by atoms with Gasteiger partial charge in [0.05, 0.1) is 16.1 Å². The number of rotatable bonds is 9. The highest BCUT2D eigenvalue weighted by molar-refractivity contribution is 7.15. The molecule has 6 nitrogen and oxygen atoms in total. The van der Waals surface area contributed by atoms with Crippen LogP contribution in [0.5, 0.6) is 5.75 Å². The number of aryl methyl sites for hydroxylation is 3. The van der Waals surface area contributed by atoms with Gasteiger partial charge in [0.2, 0.25) is 5.89 Å². The molecular weight excluding hydrogens is 467 g/mol. The summed E-state index contributed by atoms with van der Waals surface area (Å²) < 4.78 is 49.5. The van der Waals surface area contributed by atoms with Crippen LogP contribution >= 0.6 is 11.3 Å². The number of aromatic nitrogens is 3. The van der Waals surface area contributed by atoms with Crippen molar-refractivity contribution in [1.29, 1.82) is 0 Å². The molecule has 0 atom stereocenters. The SMILES string of the molecule is CCCc1nc(-c2ccc(C(F)(F)F)cc2)sc1COc1cccc(CCc2n[nH]c(=O)o2)c1. The summed E-state index contributed by atoms with van der Waals surface area (Å²) in [6.45, 7) is 2.36. The van der Waals surface area contributed by atoms with E-state index >= 15 is 0 Å². The van der Waals surface area contributed by atoms with Gasteiger partial charge in [0, 0.05) is 12.0 Å². The Labute approximate surface area is 197 Å². The van der Waals surface area contributed by atoms with Gasteiger partial charge in [-0.2, -0.15) is 13.2 Å². The number of nitrogens with zero attached hydrogens (tertiary/aromatic N) is 2. The fourth-order valence-corrected chi connectivity index (χ4v) is 4.44. The highest BCUT2D eigenvalue weighted by Crippen LogP contribution is 2.34. The van der Waals surface area contributed by atoms with Crippen LogP contribution in [0.4, 0.5) is 13.2 Å². The molecule has 0 aliphatic heterocycles. The minimum absolute atomic E-state index is 0.311. The van der Waals surface area contributed by atoms with Gasteiger partial charge >= 0.3 is 11.9 Å². The zero-order valence-electron chi connectivity index (χ0n) is 18.3. The summed E-state index contributed by atoms with van der Waals surface area (Å²) in [6.07, 6.45) is -1.61. The molecule has 0 amide bonds.